The van der Waals surface area contributed by atoms with Crippen molar-refractivity contribution >= 4 is 40.5 Å². The van der Waals surface area contributed by atoms with Crippen LogP contribution in [0.25, 0.3) is 0 Å². The van der Waals surface area contributed by atoms with Crippen molar-refractivity contribution in [1.29, 1.82) is 0 Å². The van der Waals surface area contributed by atoms with Crippen molar-refractivity contribution in [3.63, 3.8) is 0 Å². The van der Waals surface area contributed by atoms with E-state index in [0.29, 0.717) is 10.7 Å². The minimum Gasteiger partial charge on any atom is -0.334 e. The van der Waals surface area contributed by atoms with Crippen LogP contribution in [0, 0.1) is 10.1 Å². The minimum absolute atomic E-state index is 0.00578. The van der Waals surface area contributed by atoms with Gasteiger partial charge in [-0.15, -0.1) is 0 Å². The molecule has 29 heavy (non-hydrogen) atoms. The third kappa shape index (κ3) is 4.96. The number of nitrogens with one attached hydrogen (secondary N) is 3. The maximum Gasteiger partial charge on any atom is 0.355 e. The zero-order chi connectivity index (χ0) is 20.8. The Hall–Kier alpha value is -3.72. The molecule has 0 saturated heterocycles. The van der Waals surface area contributed by atoms with Gasteiger partial charge in [-0.25, -0.2) is 9.97 Å². The van der Waals surface area contributed by atoms with Gasteiger partial charge < -0.3 is 5.32 Å². The molecule has 0 atom stereocenters. The lowest BCUT2D eigenvalue weighted by Crippen LogP contribution is -2.30. The molecule has 0 saturated carbocycles. The first-order valence-corrected chi connectivity index (χ1v) is 9.03. The Balaban J connectivity index is 1.80. The number of benzene rings is 2. The Morgan fingerprint density at radius 1 is 1.14 bits per heavy atom. The zero-order valence-corrected chi connectivity index (χ0v) is 16.1. The molecule has 0 aliphatic rings. The SMILES string of the molecule is CCc1ccc(Nc2ncnc(NNC(=O)c3cccc(Cl)c3)c2[N+](=O)[O-])cc1. The van der Waals surface area contributed by atoms with E-state index in [-0.39, 0.29) is 17.2 Å². The van der Waals surface area contributed by atoms with Gasteiger partial charge in [0.05, 0.1) is 4.92 Å². The Morgan fingerprint density at radius 3 is 2.52 bits per heavy atom. The predicted molar refractivity (Wildman–Crippen MR) is 110 cm³/mol. The molecule has 1 heterocycles. The second-order valence-electron chi connectivity index (χ2n) is 5.94. The first kappa shape index (κ1) is 20.0. The summed E-state index contributed by atoms with van der Waals surface area (Å²) in [6, 6.07) is 13.7. The van der Waals surface area contributed by atoms with Crippen molar-refractivity contribution < 1.29 is 9.72 Å². The van der Waals surface area contributed by atoms with Gasteiger partial charge in [0, 0.05) is 16.3 Å². The standard InChI is InChI=1S/C19H17ClN6O3/c1-2-12-6-8-15(9-7-12)23-17-16(26(28)29)18(22-11-21-17)24-25-19(27)13-4-3-5-14(20)10-13/h3-11H,2H2,1H3,(H,25,27)(H2,21,22,23,24). The van der Waals surface area contributed by atoms with Gasteiger partial charge in [0.25, 0.3) is 5.91 Å². The van der Waals surface area contributed by atoms with Gasteiger partial charge in [0.2, 0.25) is 11.6 Å². The maximum atomic E-state index is 12.2. The van der Waals surface area contributed by atoms with Crippen LogP contribution >= 0.6 is 11.6 Å². The summed E-state index contributed by atoms with van der Waals surface area (Å²) in [6.07, 6.45) is 2.04. The topological polar surface area (TPSA) is 122 Å². The van der Waals surface area contributed by atoms with Crippen molar-refractivity contribution in [2.45, 2.75) is 13.3 Å². The van der Waals surface area contributed by atoms with E-state index in [1.54, 1.807) is 30.3 Å². The summed E-state index contributed by atoms with van der Waals surface area (Å²) in [7, 11) is 0. The fourth-order valence-corrected chi connectivity index (χ4v) is 2.70. The molecule has 0 unspecified atom stereocenters. The second kappa shape index (κ2) is 8.98. The lowest BCUT2D eigenvalue weighted by molar-refractivity contribution is -0.383. The number of halogens is 1. The molecule has 0 aliphatic heterocycles. The number of nitro groups is 1. The molecule has 1 amide bonds. The first-order chi connectivity index (χ1) is 14.0. The minimum atomic E-state index is -0.628. The van der Waals surface area contributed by atoms with Gasteiger partial charge in [-0.1, -0.05) is 36.7 Å². The molecule has 1 aromatic heterocycles. The molecule has 3 rings (SSSR count). The lowest BCUT2D eigenvalue weighted by Gasteiger charge is -2.11. The van der Waals surface area contributed by atoms with E-state index in [1.165, 1.54) is 6.07 Å². The van der Waals surface area contributed by atoms with Crippen LogP contribution in [-0.4, -0.2) is 20.8 Å². The molecule has 10 heteroatoms. The number of carbonyl (C=O) groups is 1. The van der Waals surface area contributed by atoms with Crippen molar-refractivity contribution in [2.24, 2.45) is 0 Å². The fourth-order valence-electron chi connectivity index (χ4n) is 2.51. The normalized spacial score (nSPS) is 10.3. The highest BCUT2D eigenvalue weighted by Gasteiger charge is 2.23. The number of hydrogen-bond acceptors (Lipinski definition) is 7. The molecule has 2 aromatic carbocycles. The van der Waals surface area contributed by atoms with Crippen LogP contribution < -0.4 is 16.2 Å². The van der Waals surface area contributed by atoms with Gasteiger partial charge >= 0.3 is 5.69 Å². The smallest absolute Gasteiger partial charge is 0.334 e. The summed E-state index contributed by atoms with van der Waals surface area (Å²) in [4.78, 5) is 31.0. The monoisotopic (exact) mass is 412 g/mol. The largest absolute Gasteiger partial charge is 0.355 e. The Labute approximate surface area is 171 Å². The number of amides is 1. The number of hydrazine groups is 1. The van der Waals surface area contributed by atoms with Crippen molar-refractivity contribution in [2.75, 3.05) is 10.7 Å². The number of rotatable bonds is 7. The quantitative estimate of drug-likeness (QED) is 0.394. The number of carbonyl (C=O) groups excluding carboxylic acids is 1. The third-order valence-electron chi connectivity index (χ3n) is 4.01. The summed E-state index contributed by atoms with van der Waals surface area (Å²) in [6.45, 7) is 2.04. The number of hydrogen-bond donors (Lipinski definition) is 3. The number of aromatic nitrogens is 2. The molecule has 3 N–H and O–H groups in total. The Morgan fingerprint density at radius 2 is 1.86 bits per heavy atom. The van der Waals surface area contributed by atoms with E-state index in [0.717, 1.165) is 18.3 Å². The van der Waals surface area contributed by atoms with E-state index in [1.807, 2.05) is 19.1 Å². The highest BCUT2D eigenvalue weighted by Crippen LogP contribution is 2.30. The molecule has 148 valence electrons. The van der Waals surface area contributed by atoms with Crippen LogP contribution in [0.1, 0.15) is 22.8 Å². The van der Waals surface area contributed by atoms with Crippen LogP contribution in [0.15, 0.2) is 54.9 Å². The van der Waals surface area contributed by atoms with Crippen LogP contribution in [-0.2, 0) is 6.42 Å². The predicted octanol–water partition coefficient (Wildman–Crippen LogP) is 4.10. The maximum absolute atomic E-state index is 12.2. The van der Waals surface area contributed by atoms with E-state index in [2.05, 4.69) is 26.1 Å². The van der Waals surface area contributed by atoms with Gasteiger partial charge in [-0.2, -0.15) is 0 Å². The van der Waals surface area contributed by atoms with E-state index >= 15 is 0 Å². The van der Waals surface area contributed by atoms with Gasteiger partial charge in [0.15, 0.2) is 0 Å². The second-order valence-corrected chi connectivity index (χ2v) is 6.38. The van der Waals surface area contributed by atoms with Gasteiger partial charge in [-0.05, 0) is 42.3 Å². The molecule has 0 spiro atoms. The molecule has 0 radical (unpaired) electrons. The number of anilines is 3. The average molecular weight is 413 g/mol. The van der Waals surface area contributed by atoms with Crippen LogP contribution in [0.2, 0.25) is 5.02 Å². The lowest BCUT2D eigenvalue weighted by atomic mass is 10.1. The van der Waals surface area contributed by atoms with Crippen molar-refractivity contribution in [1.82, 2.24) is 15.4 Å². The molecule has 0 fully saturated rings. The Bertz CT molecular complexity index is 1040. The first-order valence-electron chi connectivity index (χ1n) is 8.65. The molecule has 0 bridgehead atoms. The zero-order valence-electron chi connectivity index (χ0n) is 15.3. The van der Waals surface area contributed by atoms with Crippen molar-refractivity contribution in [3.05, 3.63) is 81.1 Å². The Kier molecular flexibility index (Phi) is 6.20. The van der Waals surface area contributed by atoms with E-state index in [4.69, 9.17) is 11.6 Å². The molecular formula is C19H17ClN6O3. The number of aryl methyl sites for hydroxylation is 1. The number of nitrogens with zero attached hydrogens (tertiary/aromatic N) is 3. The van der Waals surface area contributed by atoms with Crippen LogP contribution in [0.3, 0.4) is 0 Å². The van der Waals surface area contributed by atoms with Crippen LogP contribution in [0.4, 0.5) is 23.0 Å². The highest BCUT2D eigenvalue weighted by atomic mass is 35.5. The van der Waals surface area contributed by atoms with E-state index in [9.17, 15) is 14.9 Å². The fraction of sp³-hybridized carbons (Fsp3) is 0.105. The molecular weight excluding hydrogens is 396 g/mol. The summed E-state index contributed by atoms with van der Waals surface area (Å²) < 4.78 is 0. The summed E-state index contributed by atoms with van der Waals surface area (Å²) in [5, 5.41) is 14.9. The van der Waals surface area contributed by atoms with Gasteiger partial charge in [0.1, 0.15) is 6.33 Å². The van der Waals surface area contributed by atoms with E-state index < -0.39 is 16.5 Å². The molecule has 0 aliphatic carbocycles. The summed E-state index contributed by atoms with van der Waals surface area (Å²) >= 11 is 5.87. The summed E-state index contributed by atoms with van der Waals surface area (Å²) in [5.74, 6) is -0.688. The highest BCUT2D eigenvalue weighted by molar-refractivity contribution is 6.30. The molecule has 3 aromatic rings. The molecule has 9 nitrogen and oxygen atoms in total. The van der Waals surface area contributed by atoms with Gasteiger partial charge in [-0.3, -0.25) is 25.8 Å². The third-order valence-corrected chi connectivity index (χ3v) is 4.25. The van der Waals surface area contributed by atoms with Crippen molar-refractivity contribution in [3.8, 4) is 0 Å². The average Bonchev–Trinajstić information content (AvgIpc) is 2.72. The summed E-state index contributed by atoms with van der Waals surface area (Å²) in [5.41, 5.74) is 6.51. The van der Waals surface area contributed by atoms with Crippen LogP contribution in [0.5, 0.6) is 0 Å².